The van der Waals surface area contributed by atoms with Gasteiger partial charge in [-0.05, 0) is 38.0 Å². The number of ether oxygens (including phenoxy) is 1. The molecule has 0 aliphatic heterocycles. The molecule has 4 nitrogen and oxygen atoms in total. The molecule has 1 atom stereocenters. The molecule has 1 aliphatic carbocycles. The van der Waals surface area contributed by atoms with Crippen LogP contribution in [0.2, 0.25) is 5.02 Å². The van der Waals surface area contributed by atoms with Crippen LogP contribution in [-0.4, -0.2) is 29.3 Å². The smallest absolute Gasteiger partial charge is 0.260 e. The van der Waals surface area contributed by atoms with E-state index in [0.29, 0.717) is 10.8 Å². The average Bonchev–Trinajstić information content (AvgIpc) is 2.45. The standard InChI is InChI=1S/C16H22ClNO3/c1-12(21-14-7-5-6-13(17)10-14)15(19)18-11-16(20)8-3-2-4-9-16/h5-7,10,12,20H,2-4,8-9,11H2,1H3,(H,18,19). The van der Waals surface area contributed by atoms with Crippen molar-refractivity contribution in [2.45, 2.75) is 50.7 Å². The van der Waals surface area contributed by atoms with Crippen LogP contribution in [0.4, 0.5) is 0 Å². The molecule has 1 amide bonds. The molecule has 1 aromatic carbocycles. The second-order valence-electron chi connectivity index (χ2n) is 5.72. The molecule has 1 unspecified atom stereocenters. The molecule has 2 rings (SSSR count). The lowest BCUT2D eigenvalue weighted by Crippen LogP contribution is -2.47. The third-order valence-electron chi connectivity index (χ3n) is 3.85. The van der Waals surface area contributed by atoms with Gasteiger partial charge in [-0.2, -0.15) is 0 Å². The van der Waals surface area contributed by atoms with E-state index < -0.39 is 11.7 Å². The molecule has 0 radical (unpaired) electrons. The van der Waals surface area contributed by atoms with Crippen molar-refractivity contribution in [3.05, 3.63) is 29.3 Å². The number of benzene rings is 1. The SMILES string of the molecule is CC(Oc1cccc(Cl)c1)C(=O)NCC1(O)CCCCC1. The van der Waals surface area contributed by atoms with Crippen LogP contribution in [-0.2, 0) is 4.79 Å². The predicted molar refractivity (Wildman–Crippen MR) is 82.6 cm³/mol. The van der Waals surface area contributed by atoms with E-state index in [0.717, 1.165) is 32.1 Å². The average molecular weight is 312 g/mol. The monoisotopic (exact) mass is 311 g/mol. The maximum Gasteiger partial charge on any atom is 0.260 e. The highest BCUT2D eigenvalue weighted by molar-refractivity contribution is 6.30. The zero-order valence-corrected chi connectivity index (χ0v) is 13.0. The Hall–Kier alpha value is -1.26. The number of halogens is 1. The Morgan fingerprint density at radius 1 is 1.43 bits per heavy atom. The molecule has 21 heavy (non-hydrogen) atoms. The van der Waals surface area contributed by atoms with Gasteiger partial charge < -0.3 is 15.2 Å². The summed E-state index contributed by atoms with van der Waals surface area (Å²) in [6.45, 7) is 1.97. The molecule has 1 aliphatic rings. The Labute approximate surface area is 130 Å². The number of carbonyl (C=O) groups is 1. The first-order chi connectivity index (χ1) is 9.98. The molecular formula is C16H22ClNO3. The minimum Gasteiger partial charge on any atom is -0.481 e. The fourth-order valence-corrected chi connectivity index (χ4v) is 2.76. The van der Waals surface area contributed by atoms with Crippen molar-refractivity contribution in [3.8, 4) is 5.75 Å². The second kappa shape index (κ2) is 7.14. The van der Waals surface area contributed by atoms with Crippen LogP contribution >= 0.6 is 11.6 Å². The van der Waals surface area contributed by atoms with Gasteiger partial charge in [-0.1, -0.05) is 36.9 Å². The van der Waals surface area contributed by atoms with Gasteiger partial charge in [-0.3, -0.25) is 4.79 Å². The van der Waals surface area contributed by atoms with Crippen molar-refractivity contribution in [2.24, 2.45) is 0 Å². The Balaban J connectivity index is 1.82. The molecule has 2 N–H and O–H groups in total. The first-order valence-corrected chi connectivity index (χ1v) is 7.79. The van der Waals surface area contributed by atoms with Gasteiger partial charge in [-0.25, -0.2) is 0 Å². The van der Waals surface area contributed by atoms with Gasteiger partial charge in [0, 0.05) is 11.6 Å². The van der Waals surface area contributed by atoms with Crippen LogP contribution in [0.5, 0.6) is 5.75 Å². The topological polar surface area (TPSA) is 58.6 Å². The highest BCUT2D eigenvalue weighted by Gasteiger charge is 2.30. The summed E-state index contributed by atoms with van der Waals surface area (Å²) in [6, 6.07) is 6.94. The van der Waals surface area contributed by atoms with E-state index in [4.69, 9.17) is 16.3 Å². The van der Waals surface area contributed by atoms with Crippen molar-refractivity contribution in [1.29, 1.82) is 0 Å². The van der Waals surface area contributed by atoms with E-state index >= 15 is 0 Å². The second-order valence-corrected chi connectivity index (χ2v) is 6.16. The Bertz CT molecular complexity index is 486. The molecule has 0 heterocycles. The van der Waals surface area contributed by atoms with E-state index in [-0.39, 0.29) is 12.5 Å². The molecule has 0 saturated heterocycles. The molecule has 0 bridgehead atoms. The lowest BCUT2D eigenvalue weighted by molar-refractivity contribution is -0.128. The van der Waals surface area contributed by atoms with E-state index in [1.54, 1.807) is 31.2 Å². The third-order valence-corrected chi connectivity index (χ3v) is 4.09. The summed E-state index contributed by atoms with van der Waals surface area (Å²) in [5.74, 6) is 0.329. The van der Waals surface area contributed by atoms with Gasteiger partial charge in [0.1, 0.15) is 5.75 Å². The zero-order chi connectivity index (χ0) is 15.3. The van der Waals surface area contributed by atoms with Gasteiger partial charge in [-0.15, -0.1) is 0 Å². The molecule has 0 spiro atoms. The predicted octanol–water partition coefficient (Wildman–Crippen LogP) is 2.92. The van der Waals surface area contributed by atoms with Crippen molar-refractivity contribution < 1.29 is 14.6 Å². The fraction of sp³-hybridized carbons (Fsp3) is 0.562. The highest BCUT2D eigenvalue weighted by Crippen LogP contribution is 2.27. The summed E-state index contributed by atoms with van der Waals surface area (Å²) in [4.78, 5) is 12.0. The molecule has 116 valence electrons. The number of rotatable bonds is 5. The summed E-state index contributed by atoms with van der Waals surface area (Å²) >= 11 is 5.88. The first kappa shape index (κ1) is 16.1. The Morgan fingerprint density at radius 3 is 2.81 bits per heavy atom. The third kappa shape index (κ3) is 4.90. The van der Waals surface area contributed by atoms with Gasteiger partial charge >= 0.3 is 0 Å². The van der Waals surface area contributed by atoms with Crippen LogP contribution in [0.15, 0.2) is 24.3 Å². The number of nitrogens with one attached hydrogen (secondary N) is 1. The van der Waals surface area contributed by atoms with Crippen LogP contribution in [0.25, 0.3) is 0 Å². The maximum absolute atomic E-state index is 12.0. The van der Waals surface area contributed by atoms with E-state index in [1.165, 1.54) is 0 Å². The summed E-state index contributed by atoms with van der Waals surface area (Å²) in [6.07, 6.45) is 4.05. The molecule has 1 aromatic rings. The Kier molecular flexibility index (Phi) is 5.48. The van der Waals surface area contributed by atoms with Crippen molar-refractivity contribution in [1.82, 2.24) is 5.32 Å². The van der Waals surface area contributed by atoms with Crippen molar-refractivity contribution in [3.63, 3.8) is 0 Å². The maximum atomic E-state index is 12.0. The lowest BCUT2D eigenvalue weighted by atomic mass is 9.85. The molecular weight excluding hydrogens is 290 g/mol. The Morgan fingerprint density at radius 2 is 2.14 bits per heavy atom. The first-order valence-electron chi connectivity index (χ1n) is 7.41. The van der Waals surface area contributed by atoms with Crippen LogP contribution in [0, 0.1) is 0 Å². The zero-order valence-electron chi connectivity index (χ0n) is 12.3. The van der Waals surface area contributed by atoms with Crippen LogP contribution in [0.3, 0.4) is 0 Å². The summed E-state index contributed by atoms with van der Waals surface area (Å²) in [5.41, 5.74) is -0.760. The van der Waals surface area contributed by atoms with Gasteiger partial charge in [0.2, 0.25) is 0 Å². The molecule has 5 heteroatoms. The number of aliphatic hydroxyl groups is 1. The largest absolute Gasteiger partial charge is 0.481 e. The summed E-state index contributed by atoms with van der Waals surface area (Å²) < 4.78 is 5.55. The normalized spacial score (nSPS) is 18.8. The lowest BCUT2D eigenvalue weighted by Gasteiger charge is -2.32. The van der Waals surface area contributed by atoms with Crippen LogP contribution in [0.1, 0.15) is 39.0 Å². The number of hydrogen-bond acceptors (Lipinski definition) is 3. The fourth-order valence-electron chi connectivity index (χ4n) is 2.58. The van der Waals surface area contributed by atoms with E-state index in [9.17, 15) is 9.90 Å². The number of amides is 1. The summed E-state index contributed by atoms with van der Waals surface area (Å²) in [5, 5.41) is 13.7. The van der Waals surface area contributed by atoms with Crippen molar-refractivity contribution in [2.75, 3.05) is 6.54 Å². The van der Waals surface area contributed by atoms with E-state index in [2.05, 4.69) is 5.32 Å². The molecule has 1 saturated carbocycles. The number of carbonyl (C=O) groups excluding carboxylic acids is 1. The van der Waals surface area contributed by atoms with Gasteiger partial charge in [0.25, 0.3) is 5.91 Å². The van der Waals surface area contributed by atoms with Gasteiger partial charge in [0.15, 0.2) is 6.10 Å². The quantitative estimate of drug-likeness (QED) is 0.879. The van der Waals surface area contributed by atoms with E-state index in [1.807, 2.05) is 0 Å². The van der Waals surface area contributed by atoms with Crippen LogP contribution < -0.4 is 10.1 Å². The highest BCUT2D eigenvalue weighted by atomic mass is 35.5. The molecule has 0 aromatic heterocycles. The minimum atomic E-state index is -0.760. The minimum absolute atomic E-state index is 0.228. The van der Waals surface area contributed by atoms with Gasteiger partial charge in [0.05, 0.1) is 5.60 Å². The summed E-state index contributed by atoms with van der Waals surface area (Å²) in [7, 11) is 0. The number of hydrogen-bond donors (Lipinski definition) is 2. The van der Waals surface area contributed by atoms with Crippen molar-refractivity contribution >= 4 is 17.5 Å². The molecule has 1 fully saturated rings.